The zero-order valence-corrected chi connectivity index (χ0v) is 19.4. The number of benzene rings is 2. The Morgan fingerprint density at radius 1 is 1.25 bits per heavy atom. The van der Waals surface area contributed by atoms with Gasteiger partial charge in [0.1, 0.15) is 5.75 Å². The average Bonchev–Trinajstić information content (AvgIpc) is 3.24. The van der Waals surface area contributed by atoms with E-state index >= 15 is 0 Å². The van der Waals surface area contributed by atoms with Gasteiger partial charge in [-0.25, -0.2) is 8.42 Å². The van der Waals surface area contributed by atoms with Gasteiger partial charge in [0.2, 0.25) is 21.7 Å². The number of hydrogen-bond donors (Lipinski definition) is 1. The second-order valence-electron chi connectivity index (χ2n) is 6.98. The van der Waals surface area contributed by atoms with Crippen molar-refractivity contribution in [1.82, 2.24) is 15.5 Å². The van der Waals surface area contributed by atoms with E-state index in [9.17, 15) is 13.2 Å². The summed E-state index contributed by atoms with van der Waals surface area (Å²) in [5, 5.41) is 7.18. The summed E-state index contributed by atoms with van der Waals surface area (Å²) in [6, 6.07) is 13.5. The Labute approximate surface area is 191 Å². The molecule has 0 aliphatic carbocycles. The minimum Gasteiger partial charge on any atom is -0.481 e. The number of ether oxygens (including phenoxy) is 1. The van der Waals surface area contributed by atoms with Crippen LogP contribution in [-0.2, 0) is 21.4 Å². The first-order valence-electron chi connectivity index (χ1n) is 9.74. The molecule has 0 spiro atoms. The standard InChI is InChI=1S/C21H23ClN4O5S/c1-4-18(30-17-10-8-16(9-11-17)26(2)32(3,28)29)21(27)23-13-19-24-20(25-31-19)14-6-5-7-15(22)12-14/h5-12,18H,4,13H2,1-3H3,(H,23,27)/t18-/m0/s1. The SMILES string of the molecule is CC[C@H](Oc1ccc(N(C)S(C)(=O)=O)cc1)C(=O)NCc1nc(-c2cccc(Cl)c2)no1. The summed E-state index contributed by atoms with van der Waals surface area (Å²) in [5.74, 6) is 0.724. The lowest BCUT2D eigenvalue weighted by Crippen LogP contribution is -2.37. The number of halogens is 1. The average molecular weight is 479 g/mol. The summed E-state index contributed by atoms with van der Waals surface area (Å²) < 4.78 is 35.4. The number of sulfonamides is 1. The van der Waals surface area contributed by atoms with Gasteiger partial charge in [0.15, 0.2) is 6.10 Å². The van der Waals surface area contributed by atoms with Crippen LogP contribution in [-0.4, -0.2) is 43.9 Å². The van der Waals surface area contributed by atoms with Gasteiger partial charge in [-0.2, -0.15) is 4.98 Å². The van der Waals surface area contributed by atoms with Crippen LogP contribution in [0, 0.1) is 0 Å². The monoisotopic (exact) mass is 478 g/mol. The molecule has 1 atom stereocenters. The molecule has 0 aliphatic heterocycles. The highest BCUT2D eigenvalue weighted by Crippen LogP contribution is 2.22. The van der Waals surface area contributed by atoms with Crippen LogP contribution in [0.15, 0.2) is 53.1 Å². The number of carbonyl (C=O) groups is 1. The molecule has 3 aromatic rings. The number of nitrogens with one attached hydrogen (secondary N) is 1. The third-order valence-electron chi connectivity index (χ3n) is 4.60. The molecule has 0 aliphatic rings. The van der Waals surface area contributed by atoms with Gasteiger partial charge in [0.25, 0.3) is 5.91 Å². The topological polar surface area (TPSA) is 115 Å². The Morgan fingerprint density at radius 2 is 1.97 bits per heavy atom. The molecule has 1 heterocycles. The van der Waals surface area contributed by atoms with E-state index in [0.717, 1.165) is 10.6 Å². The lowest BCUT2D eigenvalue weighted by Gasteiger charge is -2.19. The van der Waals surface area contributed by atoms with E-state index < -0.39 is 16.1 Å². The number of carbonyl (C=O) groups excluding carboxylic acids is 1. The number of rotatable bonds is 9. The number of aromatic nitrogens is 2. The van der Waals surface area contributed by atoms with Crippen molar-refractivity contribution in [3.63, 3.8) is 0 Å². The summed E-state index contributed by atoms with van der Waals surface area (Å²) in [4.78, 5) is 16.8. The van der Waals surface area contributed by atoms with E-state index in [1.807, 2.05) is 6.92 Å². The van der Waals surface area contributed by atoms with Crippen LogP contribution >= 0.6 is 11.6 Å². The third-order valence-corrected chi connectivity index (χ3v) is 6.04. The zero-order chi connectivity index (χ0) is 23.3. The van der Waals surface area contributed by atoms with Crippen molar-refractivity contribution in [3.8, 4) is 17.1 Å². The molecule has 1 aromatic heterocycles. The van der Waals surface area contributed by atoms with E-state index in [2.05, 4.69) is 15.5 Å². The molecule has 11 heteroatoms. The minimum atomic E-state index is -3.36. The molecule has 1 N–H and O–H groups in total. The Balaban J connectivity index is 1.58. The molecule has 0 fully saturated rings. The van der Waals surface area contributed by atoms with E-state index in [1.54, 1.807) is 48.5 Å². The van der Waals surface area contributed by atoms with Crippen LogP contribution in [0.5, 0.6) is 5.75 Å². The molecular weight excluding hydrogens is 456 g/mol. The van der Waals surface area contributed by atoms with Crippen LogP contribution in [0.4, 0.5) is 5.69 Å². The van der Waals surface area contributed by atoms with E-state index in [4.69, 9.17) is 20.9 Å². The van der Waals surface area contributed by atoms with Crippen LogP contribution < -0.4 is 14.4 Å². The molecule has 9 nitrogen and oxygen atoms in total. The first kappa shape index (κ1) is 23.6. The summed E-state index contributed by atoms with van der Waals surface area (Å²) in [7, 11) is -1.90. The molecule has 0 unspecified atom stereocenters. The first-order valence-corrected chi connectivity index (χ1v) is 12.0. The van der Waals surface area contributed by atoms with E-state index in [1.165, 1.54) is 7.05 Å². The predicted molar refractivity (Wildman–Crippen MR) is 121 cm³/mol. The lowest BCUT2D eigenvalue weighted by molar-refractivity contribution is -0.128. The molecule has 0 radical (unpaired) electrons. The van der Waals surface area contributed by atoms with Crippen molar-refractivity contribution in [2.24, 2.45) is 0 Å². The quantitative estimate of drug-likeness (QED) is 0.502. The van der Waals surface area contributed by atoms with E-state index in [0.29, 0.717) is 34.3 Å². The Hall–Kier alpha value is -3.11. The second-order valence-corrected chi connectivity index (χ2v) is 9.43. The van der Waals surface area contributed by atoms with Gasteiger partial charge in [0.05, 0.1) is 18.5 Å². The molecule has 1 amide bonds. The fourth-order valence-corrected chi connectivity index (χ4v) is 3.46. The van der Waals surface area contributed by atoms with Gasteiger partial charge in [0, 0.05) is 17.6 Å². The highest BCUT2D eigenvalue weighted by atomic mass is 35.5. The van der Waals surface area contributed by atoms with E-state index in [-0.39, 0.29) is 18.3 Å². The number of hydrogen-bond acceptors (Lipinski definition) is 7. The van der Waals surface area contributed by atoms with Crippen molar-refractivity contribution in [1.29, 1.82) is 0 Å². The Kier molecular flexibility index (Phi) is 7.37. The summed E-state index contributed by atoms with van der Waals surface area (Å²) in [5.41, 5.74) is 1.20. The zero-order valence-electron chi connectivity index (χ0n) is 17.8. The van der Waals surface area contributed by atoms with Crippen LogP contribution in [0.2, 0.25) is 5.02 Å². The number of nitrogens with zero attached hydrogens (tertiary/aromatic N) is 3. The fraction of sp³-hybridized carbons (Fsp3) is 0.286. The number of anilines is 1. The van der Waals surface area contributed by atoms with Gasteiger partial charge < -0.3 is 14.6 Å². The normalized spacial score (nSPS) is 12.2. The Morgan fingerprint density at radius 3 is 2.59 bits per heavy atom. The molecule has 0 saturated carbocycles. The van der Waals surface area contributed by atoms with Crippen LogP contribution in [0.1, 0.15) is 19.2 Å². The maximum absolute atomic E-state index is 12.5. The molecule has 32 heavy (non-hydrogen) atoms. The highest BCUT2D eigenvalue weighted by Gasteiger charge is 2.20. The third kappa shape index (κ3) is 5.98. The maximum Gasteiger partial charge on any atom is 0.261 e. The molecule has 0 bridgehead atoms. The largest absolute Gasteiger partial charge is 0.481 e. The van der Waals surface area contributed by atoms with Crippen molar-refractivity contribution in [2.75, 3.05) is 17.6 Å². The second kappa shape index (κ2) is 10.0. The van der Waals surface area contributed by atoms with Gasteiger partial charge in [-0.05, 0) is 42.8 Å². The smallest absolute Gasteiger partial charge is 0.261 e. The summed E-state index contributed by atoms with van der Waals surface area (Å²) in [6.07, 6.45) is 0.800. The van der Waals surface area contributed by atoms with Gasteiger partial charge >= 0.3 is 0 Å². The van der Waals surface area contributed by atoms with Crippen molar-refractivity contribution in [2.45, 2.75) is 26.0 Å². The van der Waals surface area contributed by atoms with Crippen molar-refractivity contribution >= 4 is 33.2 Å². The van der Waals surface area contributed by atoms with Crippen LogP contribution in [0.25, 0.3) is 11.4 Å². The first-order chi connectivity index (χ1) is 15.2. The van der Waals surface area contributed by atoms with Gasteiger partial charge in [-0.15, -0.1) is 0 Å². The van der Waals surface area contributed by atoms with Crippen molar-refractivity contribution < 1.29 is 22.5 Å². The van der Waals surface area contributed by atoms with Crippen molar-refractivity contribution in [3.05, 3.63) is 59.4 Å². The van der Waals surface area contributed by atoms with Gasteiger partial charge in [-0.1, -0.05) is 35.8 Å². The molecular formula is C21H23ClN4O5S. The molecule has 170 valence electrons. The highest BCUT2D eigenvalue weighted by molar-refractivity contribution is 7.92. The minimum absolute atomic E-state index is 0.0460. The summed E-state index contributed by atoms with van der Waals surface area (Å²) in [6.45, 7) is 1.87. The number of amides is 1. The fourth-order valence-electron chi connectivity index (χ4n) is 2.76. The summed E-state index contributed by atoms with van der Waals surface area (Å²) >= 11 is 5.98. The lowest BCUT2D eigenvalue weighted by atomic mass is 10.2. The molecule has 2 aromatic carbocycles. The maximum atomic E-state index is 12.5. The molecule has 0 saturated heterocycles. The van der Waals surface area contributed by atoms with Gasteiger partial charge in [-0.3, -0.25) is 9.10 Å². The molecule has 3 rings (SSSR count). The Bertz CT molecular complexity index is 1180. The van der Waals surface area contributed by atoms with Crippen LogP contribution in [0.3, 0.4) is 0 Å². The predicted octanol–water partition coefficient (Wildman–Crippen LogP) is 3.26.